The van der Waals surface area contributed by atoms with Crippen molar-refractivity contribution in [3.05, 3.63) is 11.5 Å². The van der Waals surface area contributed by atoms with Gasteiger partial charge in [0.25, 0.3) is 0 Å². The zero-order chi connectivity index (χ0) is 36.2. The molecule has 0 radical (unpaired) electrons. The molecule has 5 rings (SSSR count). The van der Waals surface area contributed by atoms with E-state index in [9.17, 15) is 22.9 Å². The predicted molar refractivity (Wildman–Crippen MR) is 179 cm³/mol. The van der Waals surface area contributed by atoms with Crippen LogP contribution in [-0.2, 0) is 42.4 Å². The van der Waals surface area contributed by atoms with Gasteiger partial charge in [0.2, 0.25) is 5.28 Å². The highest BCUT2D eigenvalue weighted by Gasteiger charge is 2.62. The number of aliphatic hydroxyl groups is 1. The number of hydrogen-bond donors (Lipinski definition) is 1. The molecule has 4 heterocycles. The van der Waals surface area contributed by atoms with Crippen molar-refractivity contribution < 1.29 is 50.9 Å². The Kier molecular flexibility index (Phi) is 10.8. The van der Waals surface area contributed by atoms with E-state index in [4.69, 9.17) is 39.6 Å². The van der Waals surface area contributed by atoms with Gasteiger partial charge in [0.1, 0.15) is 23.9 Å². The van der Waals surface area contributed by atoms with Gasteiger partial charge in [-0.25, -0.2) is 17.9 Å². The zero-order valence-corrected chi connectivity index (χ0v) is 31.6. The largest absolute Gasteiger partial charge is 0.443 e. The number of aliphatic hydroxyl groups excluding tert-OH is 1. The van der Waals surface area contributed by atoms with Crippen molar-refractivity contribution in [1.29, 1.82) is 0 Å². The van der Waals surface area contributed by atoms with Gasteiger partial charge in [-0.2, -0.15) is 15.1 Å². The highest BCUT2D eigenvalue weighted by atomic mass is 35.5. The minimum absolute atomic E-state index is 0.106. The molecule has 1 aliphatic carbocycles. The van der Waals surface area contributed by atoms with E-state index in [1.165, 1.54) is 15.8 Å². The van der Waals surface area contributed by atoms with Gasteiger partial charge in [-0.3, -0.25) is 9.46 Å². The summed E-state index contributed by atoms with van der Waals surface area (Å²) in [7, 11) is -8.86. The number of nitrogens with zero attached hydrogens (tertiary/aromatic N) is 5. The Morgan fingerprint density at radius 2 is 1.73 bits per heavy atom. The molecule has 276 valence electrons. The normalized spacial score (nSPS) is 25.8. The maximum absolute atomic E-state index is 14.1. The third-order valence-corrected chi connectivity index (χ3v) is 15.2. The number of rotatable bonds is 12. The Morgan fingerprint density at radius 3 is 2.31 bits per heavy atom. The molecule has 19 heteroatoms. The lowest BCUT2D eigenvalue weighted by Crippen LogP contribution is -2.46. The van der Waals surface area contributed by atoms with E-state index in [2.05, 4.69) is 15.1 Å². The number of carbonyl (C=O) groups excluding carboxylic acids is 1. The standard InChI is InChI=1S/C30H47ClN5O11PS/c1-9-42-48(39,43-10-2)30(8,17-37)49(40,41)16-20-21-22(46-29(6,7)45-21)25(44-20)36-24-19(15-32-36)23(33-26(31)34-24)35(18-13-11-12-14-18)27(38)47-28(3,4)5/h15,18,20-22,25,37H,9-14,16-17H2,1-8H3/t20-,21-,22-,25-,30?/m1/s1. The van der Waals surface area contributed by atoms with Crippen LogP contribution in [0.4, 0.5) is 10.6 Å². The number of sulfone groups is 1. The number of hydrogen-bond acceptors (Lipinski definition) is 14. The van der Waals surface area contributed by atoms with Crippen LogP contribution in [-0.4, -0.2) is 105 Å². The summed E-state index contributed by atoms with van der Waals surface area (Å²) >= 11 is 6.49. The van der Waals surface area contributed by atoms with Crippen LogP contribution in [0.15, 0.2) is 6.20 Å². The van der Waals surface area contributed by atoms with Crippen molar-refractivity contribution in [3.63, 3.8) is 0 Å². The smallest absolute Gasteiger partial charge is 0.416 e. The van der Waals surface area contributed by atoms with E-state index in [-0.39, 0.29) is 36.0 Å². The second-order valence-electron chi connectivity index (χ2n) is 14.0. The number of amides is 1. The van der Waals surface area contributed by atoms with Crippen molar-refractivity contribution in [2.45, 2.75) is 128 Å². The van der Waals surface area contributed by atoms with Crippen LogP contribution in [0, 0.1) is 0 Å². The summed E-state index contributed by atoms with van der Waals surface area (Å²) in [4.78, 5) is 24.0. The fourth-order valence-electron chi connectivity index (χ4n) is 6.53. The molecular formula is C30H47ClN5O11PS. The molecule has 3 aliphatic rings. The van der Waals surface area contributed by atoms with Gasteiger partial charge in [0.15, 0.2) is 37.8 Å². The monoisotopic (exact) mass is 751 g/mol. The number of ether oxygens (including phenoxy) is 4. The van der Waals surface area contributed by atoms with Crippen LogP contribution >= 0.6 is 19.2 Å². The summed E-state index contributed by atoms with van der Waals surface area (Å²) in [6, 6.07) is -0.188. The summed E-state index contributed by atoms with van der Waals surface area (Å²) in [5.74, 6) is -1.64. The van der Waals surface area contributed by atoms with Crippen LogP contribution in [0.25, 0.3) is 11.0 Å². The van der Waals surface area contributed by atoms with Crippen molar-refractivity contribution in [3.8, 4) is 0 Å². The van der Waals surface area contributed by atoms with Crippen LogP contribution in [0.2, 0.25) is 5.28 Å². The lowest BCUT2D eigenvalue weighted by Gasteiger charge is -2.34. The molecule has 0 bridgehead atoms. The summed E-state index contributed by atoms with van der Waals surface area (Å²) < 4.78 is 76.3. The molecule has 2 aromatic rings. The van der Waals surface area contributed by atoms with Gasteiger partial charge >= 0.3 is 13.7 Å². The van der Waals surface area contributed by atoms with Crippen molar-refractivity contribution in [2.24, 2.45) is 0 Å². The fourth-order valence-corrected chi connectivity index (χ4v) is 11.3. The molecule has 1 unspecified atom stereocenters. The summed E-state index contributed by atoms with van der Waals surface area (Å²) in [6.07, 6.45) is 0.213. The second-order valence-corrected chi connectivity index (χ2v) is 19.6. The maximum atomic E-state index is 14.1. The lowest BCUT2D eigenvalue weighted by molar-refractivity contribution is -0.195. The fraction of sp³-hybridized carbons (Fsp3) is 0.800. The molecule has 0 spiro atoms. The highest BCUT2D eigenvalue weighted by Crippen LogP contribution is 2.62. The average Bonchev–Trinajstić information content (AvgIpc) is 3.77. The molecular weight excluding hydrogens is 705 g/mol. The Hall–Kier alpha value is -1.95. The van der Waals surface area contributed by atoms with Crippen molar-refractivity contribution >= 4 is 52.0 Å². The molecule has 2 saturated heterocycles. The van der Waals surface area contributed by atoms with E-state index in [0.717, 1.165) is 32.6 Å². The van der Waals surface area contributed by atoms with E-state index in [1.54, 1.807) is 48.5 Å². The van der Waals surface area contributed by atoms with Crippen molar-refractivity contribution in [2.75, 3.05) is 30.5 Å². The van der Waals surface area contributed by atoms with E-state index in [0.29, 0.717) is 5.39 Å². The third kappa shape index (κ3) is 7.25. The first-order valence-electron chi connectivity index (χ1n) is 16.5. The van der Waals surface area contributed by atoms with Gasteiger partial charge in [0.05, 0.1) is 37.2 Å². The molecule has 1 N–H and O–H groups in total. The van der Waals surface area contributed by atoms with Gasteiger partial charge < -0.3 is 33.1 Å². The van der Waals surface area contributed by atoms with Crippen molar-refractivity contribution in [1.82, 2.24) is 19.7 Å². The second kappa shape index (κ2) is 13.9. The van der Waals surface area contributed by atoms with Crippen LogP contribution in [0.1, 0.15) is 87.3 Å². The summed E-state index contributed by atoms with van der Waals surface area (Å²) in [5.41, 5.74) is -0.562. The minimum atomic E-state index is -4.49. The first-order chi connectivity index (χ1) is 22.8. The quantitative estimate of drug-likeness (QED) is 0.226. The third-order valence-electron chi connectivity index (χ3n) is 8.81. The molecule has 1 saturated carbocycles. The molecule has 5 atom stereocenters. The average molecular weight is 752 g/mol. The number of halogens is 1. The van der Waals surface area contributed by atoms with Gasteiger partial charge in [-0.15, -0.1) is 0 Å². The van der Waals surface area contributed by atoms with E-state index >= 15 is 0 Å². The Morgan fingerprint density at radius 1 is 1.12 bits per heavy atom. The number of carbonyl (C=O) groups is 1. The first kappa shape index (κ1) is 38.3. The molecule has 0 aromatic carbocycles. The van der Waals surface area contributed by atoms with Crippen LogP contribution in [0.3, 0.4) is 0 Å². The zero-order valence-electron chi connectivity index (χ0n) is 29.1. The molecule has 2 aliphatic heterocycles. The number of aromatic nitrogens is 4. The Balaban J connectivity index is 1.55. The Labute approximate surface area is 291 Å². The van der Waals surface area contributed by atoms with E-state index in [1.807, 2.05) is 0 Å². The molecule has 2 aromatic heterocycles. The van der Waals surface area contributed by atoms with Gasteiger partial charge in [0, 0.05) is 6.04 Å². The molecule has 1 amide bonds. The topological polar surface area (TPSA) is 191 Å². The molecule has 49 heavy (non-hydrogen) atoms. The molecule has 3 fully saturated rings. The lowest BCUT2D eigenvalue weighted by atomic mass is 10.1. The first-order valence-corrected chi connectivity index (χ1v) is 20.0. The predicted octanol–water partition coefficient (Wildman–Crippen LogP) is 4.97. The SMILES string of the molecule is CCOP(=O)(OCC)C(C)(CO)S(=O)(=O)C[C@H]1O[C@@H](n2ncc3c(N(C(=O)OC(C)(C)C)C4CCCC4)nc(Cl)nc32)[C@@H]2OC(C)(C)O[C@@H]21. The summed E-state index contributed by atoms with van der Waals surface area (Å²) in [5, 5.41) is 15.2. The minimum Gasteiger partial charge on any atom is -0.443 e. The maximum Gasteiger partial charge on any atom is 0.416 e. The highest BCUT2D eigenvalue weighted by molar-refractivity contribution is 7.99. The van der Waals surface area contributed by atoms with E-state index < -0.39 is 76.3 Å². The van der Waals surface area contributed by atoms with Gasteiger partial charge in [-0.1, -0.05) is 12.8 Å². The molecule has 16 nitrogen and oxygen atoms in total. The van der Waals surface area contributed by atoms with Gasteiger partial charge in [-0.05, 0) is 79.8 Å². The number of fused-ring (bicyclic) bond motifs is 2. The van der Waals surface area contributed by atoms with Crippen LogP contribution < -0.4 is 4.90 Å². The number of anilines is 1. The summed E-state index contributed by atoms with van der Waals surface area (Å²) in [6.45, 7) is 11.7. The Bertz CT molecular complexity index is 1690. The van der Waals surface area contributed by atoms with Crippen LogP contribution in [0.5, 0.6) is 0 Å².